The normalized spacial score (nSPS) is 14.0. The van der Waals surface area contributed by atoms with Crippen molar-refractivity contribution in [2.45, 2.75) is 71.8 Å². The van der Waals surface area contributed by atoms with Crippen LogP contribution in [0.15, 0.2) is 18.2 Å². The smallest absolute Gasteiger partial charge is 0.227 e. The maximum absolute atomic E-state index is 12.6. The maximum atomic E-state index is 12.6. The van der Waals surface area contributed by atoms with Crippen LogP contribution in [0.4, 0.5) is 0 Å². The number of benzene rings is 1. The van der Waals surface area contributed by atoms with E-state index < -0.39 is 5.41 Å². The van der Waals surface area contributed by atoms with Crippen molar-refractivity contribution >= 4 is 23.3 Å². The van der Waals surface area contributed by atoms with Crippen LogP contribution in [-0.4, -0.2) is 45.5 Å². The summed E-state index contributed by atoms with van der Waals surface area (Å²) in [6.45, 7) is 5.90. The van der Waals surface area contributed by atoms with E-state index >= 15 is 0 Å². The molecule has 0 N–H and O–H groups in total. The molecule has 1 aliphatic rings. The minimum Gasteiger partial charge on any atom is -0.348 e. The van der Waals surface area contributed by atoms with E-state index in [0.29, 0.717) is 43.2 Å². The summed E-state index contributed by atoms with van der Waals surface area (Å²) in [6.07, 6.45) is 5.05. The standard InChI is InChI=1S/C24H33ClN4O2/c1-16-17(7-6-8-20(16)25)15-19(30)11-12-21-26-27-22(29(21)18-9-10-18)13-14-24(2,3)23(31)28(4)5/h6-8,18H,9-15H2,1-5H3. The molecule has 1 aliphatic carbocycles. The molecule has 1 aromatic carbocycles. The lowest BCUT2D eigenvalue weighted by Gasteiger charge is -2.26. The van der Waals surface area contributed by atoms with Crippen molar-refractivity contribution < 1.29 is 9.59 Å². The Kier molecular flexibility index (Phi) is 7.20. The molecule has 0 saturated heterocycles. The Hall–Kier alpha value is -2.21. The Morgan fingerprint density at radius 3 is 2.42 bits per heavy atom. The van der Waals surface area contributed by atoms with Crippen LogP contribution >= 0.6 is 11.6 Å². The van der Waals surface area contributed by atoms with Gasteiger partial charge in [-0.3, -0.25) is 9.59 Å². The molecule has 3 rings (SSSR count). The van der Waals surface area contributed by atoms with E-state index in [-0.39, 0.29) is 11.7 Å². The topological polar surface area (TPSA) is 68.1 Å². The Balaban J connectivity index is 1.64. The average molecular weight is 445 g/mol. The van der Waals surface area contributed by atoms with Crippen molar-refractivity contribution in [3.63, 3.8) is 0 Å². The van der Waals surface area contributed by atoms with Gasteiger partial charge < -0.3 is 9.47 Å². The molecule has 0 unspecified atom stereocenters. The monoisotopic (exact) mass is 444 g/mol. The zero-order valence-corrected chi connectivity index (χ0v) is 20.0. The van der Waals surface area contributed by atoms with Crippen molar-refractivity contribution in [3.8, 4) is 0 Å². The fourth-order valence-electron chi connectivity index (χ4n) is 3.99. The van der Waals surface area contributed by atoms with Gasteiger partial charge in [-0.2, -0.15) is 0 Å². The number of carbonyl (C=O) groups is 2. The van der Waals surface area contributed by atoms with Crippen molar-refractivity contribution in [1.82, 2.24) is 19.7 Å². The second-order valence-corrected chi connectivity index (χ2v) is 9.86. The van der Waals surface area contributed by atoms with Crippen molar-refractivity contribution in [2.24, 2.45) is 5.41 Å². The van der Waals surface area contributed by atoms with Gasteiger partial charge in [-0.15, -0.1) is 10.2 Å². The van der Waals surface area contributed by atoms with Crippen LogP contribution in [0, 0.1) is 12.3 Å². The van der Waals surface area contributed by atoms with Crippen molar-refractivity contribution in [2.75, 3.05) is 14.1 Å². The number of ketones is 1. The number of aromatic nitrogens is 3. The quantitative estimate of drug-likeness (QED) is 0.545. The summed E-state index contributed by atoms with van der Waals surface area (Å²) < 4.78 is 2.22. The van der Waals surface area contributed by atoms with E-state index in [4.69, 9.17) is 11.6 Å². The number of aryl methyl sites for hydroxylation is 2. The molecule has 1 aromatic heterocycles. The SMILES string of the molecule is Cc1c(Cl)cccc1CC(=O)CCc1nnc(CCC(C)(C)C(=O)N(C)C)n1C1CC1. The third kappa shape index (κ3) is 5.73. The molecule has 0 bridgehead atoms. The lowest BCUT2D eigenvalue weighted by molar-refractivity contribution is -0.138. The van der Waals surface area contributed by atoms with Gasteiger partial charge in [0, 0.05) is 56.3 Å². The number of amides is 1. The molecule has 0 atom stereocenters. The maximum Gasteiger partial charge on any atom is 0.227 e. The van der Waals surface area contributed by atoms with Crippen LogP contribution < -0.4 is 0 Å². The third-order valence-corrected chi connectivity index (χ3v) is 6.51. The van der Waals surface area contributed by atoms with E-state index in [9.17, 15) is 9.59 Å². The molecule has 1 fully saturated rings. The lowest BCUT2D eigenvalue weighted by Crippen LogP contribution is -2.36. The zero-order chi connectivity index (χ0) is 22.8. The molecule has 31 heavy (non-hydrogen) atoms. The van der Waals surface area contributed by atoms with E-state index in [1.807, 2.05) is 39.0 Å². The minimum atomic E-state index is -0.450. The number of hydrogen-bond acceptors (Lipinski definition) is 4. The number of halogens is 1. The van der Waals surface area contributed by atoms with Crippen molar-refractivity contribution in [3.05, 3.63) is 46.0 Å². The summed E-state index contributed by atoms with van der Waals surface area (Å²) in [6, 6.07) is 6.12. The van der Waals surface area contributed by atoms with Gasteiger partial charge in [0.1, 0.15) is 17.4 Å². The highest BCUT2D eigenvalue weighted by molar-refractivity contribution is 6.31. The zero-order valence-electron chi connectivity index (χ0n) is 19.2. The predicted octanol–water partition coefficient (Wildman–Crippen LogP) is 4.37. The molecule has 1 heterocycles. The van der Waals surface area contributed by atoms with E-state index in [1.54, 1.807) is 19.0 Å². The molecule has 6 nitrogen and oxygen atoms in total. The summed E-state index contributed by atoms with van der Waals surface area (Å²) in [5, 5.41) is 9.54. The fraction of sp³-hybridized carbons (Fsp3) is 0.583. The van der Waals surface area contributed by atoms with Gasteiger partial charge in [0.05, 0.1) is 0 Å². The summed E-state index contributed by atoms with van der Waals surface area (Å²) in [7, 11) is 3.58. The predicted molar refractivity (Wildman–Crippen MR) is 122 cm³/mol. The number of Topliss-reactive ketones (excluding diaryl/α,β-unsaturated/α-hetero) is 1. The van der Waals surface area contributed by atoms with Gasteiger partial charge >= 0.3 is 0 Å². The van der Waals surface area contributed by atoms with E-state index in [2.05, 4.69) is 14.8 Å². The highest BCUT2D eigenvalue weighted by atomic mass is 35.5. The van der Waals surface area contributed by atoms with Crippen molar-refractivity contribution in [1.29, 1.82) is 0 Å². The second kappa shape index (κ2) is 9.51. The Bertz CT molecular complexity index is 960. The van der Waals surface area contributed by atoms with E-state index in [0.717, 1.165) is 35.6 Å². The lowest BCUT2D eigenvalue weighted by atomic mass is 9.86. The van der Waals surface area contributed by atoms with Gasteiger partial charge in [0.15, 0.2) is 0 Å². The molecule has 0 radical (unpaired) electrons. The molecule has 0 spiro atoms. The van der Waals surface area contributed by atoms with Crippen LogP contribution in [0.5, 0.6) is 0 Å². The molecule has 7 heteroatoms. The summed E-state index contributed by atoms with van der Waals surface area (Å²) in [4.78, 5) is 26.7. The van der Waals surface area contributed by atoms with Crippen LogP contribution in [0.1, 0.15) is 68.3 Å². The van der Waals surface area contributed by atoms with E-state index in [1.165, 1.54) is 0 Å². The molecular weight excluding hydrogens is 412 g/mol. The first-order valence-corrected chi connectivity index (χ1v) is 11.4. The molecular formula is C24H33ClN4O2. The van der Waals surface area contributed by atoms with Crippen LogP contribution in [-0.2, 0) is 28.9 Å². The first-order chi connectivity index (χ1) is 14.6. The highest BCUT2D eigenvalue weighted by Crippen LogP contribution is 2.37. The molecule has 0 aliphatic heterocycles. The highest BCUT2D eigenvalue weighted by Gasteiger charge is 2.32. The van der Waals surface area contributed by atoms with Gasteiger partial charge in [0.25, 0.3) is 0 Å². The van der Waals surface area contributed by atoms with Gasteiger partial charge in [-0.1, -0.05) is 37.6 Å². The van der Waals surface area contributed by atoms with Gasteiger partial charge in [-0.05, 0) is 43.4 Å². The summed E-state index contributed by atoms with van der Waals surface area (Å²) >= 11 is 6.18. The van der Waals surface area contributed by atoms with Gasteiger partial charge in [-0.25, -0.2) is 0 Å². The summed E-state index contributed by atoms with van der Waals surface area (Å²) in [5.41, 5.74) is 1.50. The average Bonchev–Trinajstić information content (AvgIpc) is 3.47. The Labute approximate surface area is 190 Å². The first kappa shape index (κ1) is 23.5. The van der Waals surface area contributed by atoms with Crippen LogP contribution in [0.3, 0.4) is 0 Å². The number of nitrogens with zero attached hydrogens (tertiary/aromatic N) is 4. The van der Waals surface area contributed by atoms with Crippen LogP contribution in [0.25, 0.3) is 0 Å². The second-order valence-electron chi connectivity index (χ2n) is 9.46. The van der Waals surface area contributed by atoms with Crippen LogP contribution in [0.2, 0.25) is 5.02 Å². The Morgan fingerprint density at radius 1 is 1.16 bits per heavy atom. The molecule has 1 saturated carbocycles. The third-order valence-electron chi connectivity index (χ3n) is 6.10. The molecule has 168 valence electrons. The number of rotatable bonds is 10. The summed E-state index contributed by atoms with van der Waals surface area (Å²) in [5.74, 6) is 2.10. The number of carbonyl (C=O) groups excluding carboxylic acids is 2. The van der Waals surface area contributed by atoms with Gasteiger partial charge in [0.2, 0.25) is 5.91 Å². The fourth-order valence-corrected chi connectivity index (χ4v) is 4.18. The first-order valence-electron chi connectivity index (χ1n) is 11.0. The Morgan fingerprint density at radius 2 is 1.81 bits per heavy atom. The molecule has 1 amide bonds. The minimum absolute atomic E-state index is 0.118. The number of hydrogen-bond donors (Lipinski definition) is 0. The molecule has 2 aromatic rings. The largest absolute Gasteiger partial charge is 0.348 e.